The predicted molar refractivity (Wildman–Crippen MR) is 131 cm³/mol. The fourth-order valence-corrected chi connectivity index (χ4v) is 4.70. The van der Waals surface area contributed by atoms with Gasteiger partial charge in [0.05, 0.1) is 6.54 Å². The number of aliphatic hydroxyl groups excluding tert-OH is 1. The largest absolute Gasteiger partial charge is 0.396 e. The highest BCUT2D eigenvalue weighted by molar-refractivity contribution is 6.30. The molecule has 2 aromatic rings. The van der Waals surface area contributed by atoms with Crippen LogP contribution in [0.4, 0.5) is 0 Å². The lowest BCUT2D eigenvalue weighted by Gasteiger charge is -2.36. The lowest BCUT2D eigenvalue weighted by molar-refractivity contribution is 0.0660. The molecule has 1 N–H and O–H groups in total. The number of aliphatic hydroxyl groups is 1. The number of terminal acetylenes is 1. The maximum atomic E-state index is 13.1. The zero-order valence-corrected chi connectivity index (χ0v) is 19.6. The van der Waals surface area contributed by atoms with Crippen LogP contribution in [0.2, 0.25) is 5.02 Å². The van der Waals surface area contributed by atoms with E-state index in [1.807, 2.05) is 4.90 Å². The minimum Gasteiger partial charge on any atom is -0.396 e. The minimum absolute atomic E-state index is 0.0160. The van der Waals surface area contributed by atoms with E-state index in [-0.39, 0.29) is 18.6 Å². The van der Waals surface area contributed by atoms with Crippen LogP contribution < -0.4 is 0 Å². The van der Waals surface area contributed by atoms with Crippen LogP contribution in [0, 0.1) is 12.3 Å². The lowest BCUT2D eigenvalue weighted by atomic mass is 9.81. The summed E-state index contributed by atoms with van der Waals surface area (Å²) in [5, 5.41) is 9.60. The van der Waals surface area contributed by atoms with E-state index in [1.165, 1.54) is 11.1 Å². The maximum Gasteiger partial charge on any atom is 0.254 e. The Labute approximate surface area is 197 Å². The van der Waals surface area contributed by atoms with Crippen molar-refractivity contribution in [3.8, 4) is 12.3 Å². The second-order valence-corrected chi connectivity index (χ2v) is 9.14. The molecule has 1 fully saturated rings. The first-order chi connectivity index (χ1) is 15.5. The molecular weight excluding hydrogens is 420 g/mol. The summed E-state index contributed by atoms with van der Waals surface area (Å²) in [4.78, 5) is 17.1. The molecule has 0 spiro atoms. The van der Waals surface area contributed by atoms with Gasteiger partial charge in [-0.15, -0.1) is 6.42 Å². The van der Waals surface area contributed by atoms with Crippen LogP contribution in [0.25, 0.3) is 0 Å². The van der Waals surface area contributed by atoms with Gasteiger partial charge in [-0.25, -0.2) is 0 Å². The quantitative estimate of drug-likeness (QED) is 0.547. The summed E-state index contributed by atoms with van der Waals surface area (Å²) in [5.74, 6) is 3.17. The molecule has 2 aromatic carbocycles. The molecule has 1 aliphatic carbocycles. The van der Waals surface area contributed by atoms with Crippen LogP contribution in [0.15, 0.2) is 48.5 Å². The van der Waals surface area contributed by atoms with Crippen LogP contribution in [-0.4, -0.2) is 53.6 Å². The van der Waals surface area contributed by atoms with Crippen molar-refractivity contribution < 1.29 is 9.90 Å². The van der Waals surface area contributed by atoms with Gasteiger partial charge in [0.2, 0.25) is 0 Å². The molecule has 0 unspecified atom stereocenters. The first-order valence-corrected chi connectivity index (χ1v) is 11.8. The molecule has 32 heavy (non-hydrogen) atoms. The Morgan fingerprint density at radius 2 is 1.75 bits per heavy atom. The first-order valence-electron chi connectivity index (χ1n) is 11.4. The van der Waals surface area contributed by atoms with E-state index >= 15 is 0 Å². The van der Waals surface area contributed by atoms with Crippen molar-refractivity contribution in [1.29, 1.82) is 0 Å². The van der Waals surface area contributed by atoms with Gasteiger partial charge in [-0.05, 0) is 80.5 Å². The summed E-state index contributed by atoms with van der Waals surface area (Å²) >= 11 is 5.97. The molecule has 0 saturated heterocycles. The van der Waals surface area contributed by atoms with Crippen molar-refractivity contribution in [2.75, 3.05) is 26.7 Å². The smallest absolute Gasteiger partial charge is 0.254 e. The number of rotatable bonds is 9. The van der Waals surface area contributed by atoms with E-state index < -0.39 is 0 Å². The topological polar surface area (TPSA) is 43.8 Å². The average molecular weight is 453 g/mol. The van der Waals surface area contributed by atoms with Crippen molar-refractivity contribution in [2.24, 2.45) is 0 Å². The van der Waals surface area contributed by atoms with E-state index in [0.717, 1.165) is 45.2 Å². The third kappa shape index (κ3) is 6.59. The molecule has 0 radical (unpaired) electrons. The van der Waals surface area contributed by atoms with Crippen LogP contribution in [0.1, 0.15) is 59.5 Å². The fraction of sp³-hybridized carbons (Fsp3) is 0.444. The number of hydrogen-bond donors (Lipinski definition) is 1. The molecule has 170 valence electrons. The summed E-state index contributed by atoms with van der Waals surface area (Å²) in [6.45, 7) is 2.34. The number of hydrogen-bond acceptors (Lipinski definition) is 3. The lowest BCUT2D eigenvalue weighted by Crippen LogP contribution is -2.42. The first kappa shape index (κ1) is 24.3. The third-order valence-electron chi connectivity index (χ3n) is 6.35. The molecule has 1 aliphatic rings. The van der Waals surface area contributed by atoms with Gasteiger partial charge in [0.1, 0.15) is 0 Å². The Hall–Kier alpha value is -2.32. The normalized spacial score (nSPS) is 18.3. The fourth-order valence-electron chi connectivity index (χ4n) is 4.57. The number of carbonyl (C=O) groups is 1. The summed E-state index contributed by atoms with van der Waals surface area (Å²) in [5.41, 5.74) is 3.29. The highest BCUT2D eigenvalue weighted by atomic mass is 35.5. The zero-order valence-electron chi connectivity index (χ0n) is 18.8. The van der Waals surface area contributed by atoms with Crippen LogP contribution in [0.5, 0.6) is 0 Å². The summed E-state index contributed by atoms with van der Waals surface area (Å²) in [6.07, 6.45) is 10.4. The van der Waals surface area contributed by atoms with Gasteiger partial charge in [0.15, 0.2) is 0 Å². The Morgan fingerprint density at radius 3 is 2.34 bits per heavy atom. The number of amides is 1. The molecular formula is C27H33ClN2O2. The standard InChI is InChI=1S/C27H33ClN2O2/c1-3-17-30(27(32)24-9-13-25(28)14-10-24)26-15-11-23(12-16-26)22-7-5-21(6-8-22)20-29(2)18-4-19-31/h1,5-10,13-14,23,26,31H,4,11-12,15-20H2,2H3/t23-,26-. The number of nitrogens with zero attached hydrogens (tertiary/aromatic N) is 2. The minimum atomic E-state index is -0.0160. The van der Waals surface area contributed by atoms with Gasteiger partial charge in [0, 0.05) is 36.3 Å². The number of halogens is 1. The zero-order chi connectivity index (χ0) is 22.9. The van der Waals surface area contributed by atoms with Gasteiger partial charge in [-0.3, -0.25) is 4.79 Å². The van der Waals surface area contributed by atoms with Gasteiger partial charge in [0.25, 0.3) is 5.91 Å². The molecule has 1 amide bonds. The molecule has 0 aromatic heterocycles. The Bertz CT molecular complexity index is 897. The van der Waals surface area contributed by atoms with E-state index in [2.05, 4.69) is 42.1 Å². The highest BCUT2D eigenvalue weighted by Crippen LogP contribution is 2.35. The molecule has 0 bridgehead atoms. The van der Waals surface area contributed by atoms with Crippen LogP contribution in [0.3, 0.4) is 0 Å². The molecule has 0 heterocycles. The van der Waals surface area contributed by atoms with Gasteiger partial charge >= 0.3 is 0 Å². The van der Waals surface area contributed by atoms with E-state index in [1.54, 1.807) is 24.3 Å². The Morgan fingerprint density at radius 1 is 1.09 bits per heavy atom. The van der Waals surface area contributed by atoms with Crippen molar-refractivity contribution in [2.45, 2.75) is 50.6 Å². The number of carbonyl (C=O) groups excluding carboxylic acids is 1. The van der Waals surface area contributed by atoms with E-state index in [0.29, 0.717) is 23.0 Å². The van der Waals surface area contributed by atoms with Crippen molar-refractivity contribution in [3.05, 3.63) is 70.2 Å². The summed E-state index contributed by atoms with van der Waals surface area (Å²) in [7, 11) is 2.08. The average Bonchev–Trinajstić information content (AvgIpc) is 2.82. The van der Waals surface area contributed by atoms with E-state index in [4.69, 9.17) is 23.1 Å². The predicted octanol–water partition coefficient (Wildman–Crippen LogP) is 4.96. The van der Waals surface area contributed by atoms with Crippen molar-refractivity contribution in [3.63, 3.8) is 0 Å². The second-order valence-electron chi connectivity index (χ2n) is 8.71. The van der Waals surface area contributed by atoms with Crippen molar-refractivity contribution >= 4 is 17.5 Å². The maximum absolute atomic E-state index is 13.1. The molecule has 4 nitrogen and oxygen atoms in total. The summed E-state index contributed by atoms with van der Waals surface area (Å²) < 4.78 is 0. The van der Waals surface area contributed by atoms with Gasteiger partial charge in [-0.2, -0.15) is 0 Å². The molecule has 3 rings (SSSR count). The Kier molecular flexibility index (Phi) is 9.17. The van der Waals surface area contributed by atoms with Gasteiger partial charge < -0.3 is 14.9 Å². The van der Waals surface area contributed by atoms with Crippen LogP contribution in [-0.2, 0) is 6.54 Å². The number of benzene rings is 2. The van der Waals surface area contributed by atoms with Crippen molar-refractivity contribution in [1.82, 2.24) is 9.80 Å². The van der Waals surface area contributed by atoms with Crippen LogP contribution >= 0.6 is 11.6 Å². The SMILES string of the molecule is C#CCN(C(=O)c1ccc(Cl)cc1)[C@H]1CC[C@H](c2ccc(CN(C)CCCO)cc2)CC1. The van der Waals surface area contributed by atoms with Gasteiger partial charge in [-0.1, -0.05) is 41.8 Å². The van der Waals surface area contributed by atoms with E-state index in [9.17, 15) is 4.79 Å². The molecule has 1 saturated carbocycles. The molecule has 0 aliphatic heterocycles. The highest BCUT2D eigenvalue weighted by Gasteiger charge is 2.29. The molecule has 0 atom stereocenters. The monoisotopic (exact) mass is 452 g/mol. The molecule has 5 heteroatoms. The Balaban J connectivity index is 1.57. The second kappa shape index (κ2) is 12.1. The third-order valence-corrected chi connectivity index (χ3v) is 6.60. The summed E-state index contributed by atoms with van der Waals surface area (Å²) in [6, 6.07) is 16.1.